The third kappa shape index (κ3) is 4.23. The van der Waals surface area contributed by atoms with Crippen molar-refractivity contribution in [3.8, 4) is 11.3 Å². The maximum absolute atomic E-state index is 13.0. The summed E-state index contributed by atoms with van der Waals surface area (Å²) in [6.45, 7) is 4.69. The Morgan fingerprint density at radius 1 is 1.20 bits per heavy atom. The first-order valence-corrected chi connectivity index (χ1v) is 10.8. The number of benzene rings is 1. The lowest BCUT2D eigenvalue weighted by atomic mass is 9.91. The van der Waals surface area contributed by atoms with Gasteiger partial charge in [-0.1, -0.05) is 12.1 Å². The molecular weight excluding hydrogens is 398 g/mol. The highest BCUT2D eigenvalue weighted by molar-refractivity contribution is 7.11. The Bertz CT molecular complexity index is 1080. The zero-order chi connectivity index (χ0) is 21.1. The standard InChI is InChI=1S/C22H23N5O2S/c1-14-21(30-13-25-14)22(29)27-10-4-6-17(12-27)20-19(23-8-9-24-20)16-5-3-7-18(11-16)26-15(2)28/h3,5,7-9,11,13,17H,4,6,10,12H2,1-2H3,(H,26,28)/t17-/m1/s1. The summed E-state index contributed by atoms with van der Waals surface area (Å²) >= 11 is 1.39. The minimum atomic E-state index is -0.119. The van der Waals surface area contributed by atoms with Gasteiger partial charge in [-0.2, -0.15) is 0 Å². The number of aromatic nitrogens is 3. The number of nitrogens with one attached hydrogen (secondary N) is 1. The molecule has 1 atom stereocenters. The fourth-order valence-corrected chi connectivity index (χ4v) is 4.62. The van der Waals surface area contributed by atoms with Crippen LogP contribution in [0.25, 0.3) is 11.3 Å². The molecule has 1 aliphatic rings. The van der Waals surface area contributed by atoms with Crippen LogP contribution in [0.5, 0.6) is 0 Å². The van der Waals surface area contributed by atoms with Crippen LogP contribution in [0.4, 0.5) is 5.69 Å². The van der Waals surface area contributed by atoms with Crippen molar-refractivity contribution in [3.63, 3.8) is 0 Å². The highest BCUT2D eigenvalue weighted by atomic mass is 32.1. The van der Waals surface area contributed by atoms with Crippen LogP contribution in [0.15, 0.2) is 42.2 Å². The largest absolute Gasteiger partial charge is 0.337 e. The van der Waals surface area contributed by atoms with E-state index in [0.29, 0.717) is 11.4 Å². The minimum Gasteiger partial charge on any atom is -0.337 e. The molecule has 1 aromatic carbocycles. The average molecular weight is 422 g/mol. The number of nitrogens with zero attached hydrogens (tertiary/aromatic N) is 4. The van der Waals surface area contributed by atoms with Crippen LogP contribution in [-0.2, 0) is 4.79 Å². The number of likely N-dealkylation sites (tertiary alicyclic amines) is 1. The van der Waals surface area contributed by atoms with Crippen LogP contribution in [0.3, 0.4) is 0 Å². The summed E-state index contributed by atoms with van der Waals surface area (Å²) in [4.78, 5) is 40.5. The summed E-state index contributed by atoms with van der Waals surface area (Å²) in [5.41, 5.74) is 5.78. The van der Waals surface area contributed by atoms with Crippen molar-refractivity contribution in [1.82, 2.24) is 19.9 Å². The predicted molar refractivity (Wildman–Crippen MR) is 117 cm³/mol. The van der Waals surface area contributed by atoms with E-state index in [-0.39, 0.29) is 17.7 Å². The summed E-state index contributed by atoms with van der Waals surface area (Å²) < 4.78 is 0. The molecule has 30 heavy (non-hydrogen) atoms. The first-order valence-electron chi connectivity index (χ1n) is 9.91. The number of hydrogen-bond donors (Lipinski definition) is 1. The number of carbonyl (C=O) groups excluding carboxylic acids is 2. The molecule has 0 bridgehead atoms. The second kappa shape index (κ2) is 8.71. The number of piperidine rings is 1. The molecular formula is C22H23N5O2S. The van der Waals surface area contributed by atoms with Gasteiger partial charge in [-0.3, -0.25) is 19.6 Å². The van der Waals surface area contributed by atoms with Gasteiger partial charge in [0.05, 0.1) is 22.6 Å². The van der Waals surface area contributed by atoms with Crippen LogP contribution in [-0.4, -0.2) is 44.8 Å². The third-order valence-corrected chi connectivity index (χ3v) is 6.13. The maximum Gasteiger partial charge on any atom is 0.265 e. The fraction of sp³-hybridized carbons (Fsp3) is 0.318. The third-order valence-electron chi connectivity index (χ3n) is 5.22. The van der Waals surface area contributed by atoms with E-state index in [2.05, 4.69) is 20.3 Å². The van der Waals surface area contributed by atoms with Crippen molar-refractivity contribution < 1.29 is 9.59 Å². The Balaban J connectivity index is 1.61. The number of rotatable bonds is 4. The molecule has 7 nitrogen and oxygen atoms in total. The number of aryl methyl sites for hydroxylation is 1. The minimum absolute atomic E-state index is 0.0396. The van der Waals surface area contributed by atoms with Gasteiger partial charge in [0, 0.05) is 49.6 Å². The van der Waals surface area contributed by atoms with Crippen LogP contribution in [0.1, 0.15) is 46.7 Å². The molecule has 0 spiro atoms. The van der Waals surface area contributed by atoms with E-state index >= 15 is 0 Å². The molecule has 0 radical (unpaired) electrons. The van der Waals surface area contributed by atoms with E-state index in [1.165, 1.54) is 18.3 Å². The van der Waals surface area contributed by atoms with E-state index in [9.17, 15) is 9.59 Å². The normalized spacial score (nSPS) is 16.3. The number of hydrogen-bond acceptors (Lipinski definition) is 6. The Kier molecular flexibility index (Phi) is 5.85. The summed E-state index contributed by atoms with van der Waals surface area (Å²) in [7, 11) is 0. The Hall–Kier alpha value is -3.13. The van der Waals surface area contributed by atoms with Gasteiger partial charge >= 0.3 is 0 Å². The molecule has 8 heteroatoms. The molecule has 0 saturated carbocycles. The predicted octanol–water partition coefficient (Wildman–Crippen LogP) is 3.89. The molecule has 0 unspecified atom stereocenters. The highest BCUT2D eigenvalue weighted by Gasteiger charge is 2.29. The van der Waals surface area contributed by atoms with Gasteiger partial charge in [-0.15, -0.1) is 11.3 Å². The van der Waals surface area contributed by atoms with E-state index in [1.807, 2.05) is 36.1 Å². The molecule has 0 aliphatic carbocycles. The van der Waals surface area contributed by atoms with Gasteiger partial charge in [0.1, 0.15) is 4.88 Å². The summed E-state index contributed by atoms with van der Waals surface area (Å²) in [5, 5.41) is 2.81. The van der Waals surface area contributed by atoms with Crippen LogP contribution >= 0.6 is 11.3 Å². The van der Waals surface area contributed by atoms with Crippen molar-refractivity contribution in [1.29, 1.82) is 0 Å². The van der Waals surface area contributed by atoms with E-state index in [1.54, 1.807) is 17.9 Å². The average Bonchev–Trinajstić information content (AvgIpc) is 3.19. The molecule has 4 rings (SSSR count). The maximum atomic E-state index is 13.0. The number of carbonyl (C=O) groups is 2. The zero-order valence-corrected chi connectivity index (χ0v) is 17.8. The Labute approximate surface area is 179 Å². The van der Waals surface area contributed by atoms with Gasteiger partial charge in [0.15, 0.2) is 0 Å². The van der Waals surface area contributed by atoms with Gasteiger partial charge in [0.25, 0.3) is 5.91 Å². The molecule has 3 heterocycles. The summed E-state index contributed by atoms with van der Waals surface area (Å²) in [6.07, 6.45) is 5.24. The smallest absolute Gasteiger partial charge is 0.265 e. The van der Waals surface area contributed by atoms with Crippen molar-refractivity contribution in [2.45, 2.75) is 32.6 Å². The lowest BCUT2D eigenvalue weighted by molar-refractivity contribution is -0.114. The second-order valence-electron chi connectivity index (χ2n) is 7.41. The second-order valence-corrected chi connectivity index (χ2v) is 8.26. The van der Waals surface area contributed by atoms with Gasteiger partial charge < -0.3 is 10.2 Å². The topological polar surface area (TPSA) is 88.1 Å². The lowest BCUT2D eigenvalue weighted by Crippen LogP contribution is -2.39. The van der Waals surface area contributed by atoms with E-state index < -0.39 is 0 Å². The van der Waals surface area contributed by atoms with E-state index in [0.717, 1.165) is 47.7 Å². The van der Waals surface area contributed by atoms with Crippen molar-refractivity contribution in [2.24, 2.45) is 0 Å². The van der Waals surface area contributed by atoms with Gasteiger partial charge in [0.2, 0.25) is 5.91 Å². The Morgan fingerprint density at radius 2 is 2.03 bits per heavy atom. The van der Waals surface area contributed by atoms with Crippen molar-refractivity contribution >= 4 is 28.8 Å². The number of anilines is 1. The number of amides is 2. The van der Waals surface area contributed by atoms with Crippen LogP contribution in [0, 0.1) is 6.92 Å². The van der Waals surface area contributed by atoms with Crippen molar-refractivity contribution in [3.05, 3.63) is 58.4 Å². The first-order chi connectivity index (χ1) is 14.5. The zero-order valence-electron chi connectivity index (χ0n) is 17.0. The van der Waals surface area contributed by atoms with Crippen LogP contribution < -0.4 is 5.32 Å². The summed E-state index contributed by atoms with van der Waals surface area (Å²) in [6, 6.07) is 7.61. The lowest BCUT2D eigenvalue weighted by Gasteiger charge is -2.33. The van der Waals surface area contributed by atoms with Gasteiger partial charge in [-0.05, 0) is 31.9 Å². The Morgan fingerprint density at radius 3 is 2.80 bits per heavy atom. The SMILES string of the molecule is CC(=O)Nc1cccc(-c2nccnc2[C@@H]2CCCN(C(=O)c3scnc3C)C2)c1. The number of thiazole rings is 1. The highest BCUT2D eigenvalue weighted by Crippen LogP contribution is 2.33. The quantitative estimate of drug-likeness (QED) is 0.691. The molecule has 1 fully saturated rings. The molecule has 1 aliphatic heterocycles. The first kappa shape index (κ1) is 20.2. The monoisotopic (exact) mass is 421 g/mol. The van der Waals surface area contributed by atoms with Crippen molar-refractivity contribution in [2.75, 3.05) is 18.4 Å². The molecule has 1 saturated heterocycles. The fourth-order valence-electron chi connectivity index (χ4n) is 3.85. The van der Waals surface area contributed by atoms with E-state index in [4.69, 9.17) is 0 Å². The molecule has 2 aromatic heterocycles. The molecule has 2 amide bonds. The van der Waals surface area contributed by atoms with Gasteiger partial charge in [-0.25, -0.2) is 4.98 Å². The summed E-state index contributed by atoms with van der Waals surface area (Å²) in [5.74, 6) is 0.0214. The van der Waals surface area contributed by atoms with Crippen LogP contribution in [0.2, 0.25) is 0 Å². The molecule has 1 N–H and O–H groups in total. The molecule has 154 valence electrons. The molecule has 3 aromatic rings.